The van der Waals surface area contributed by atoms with Gasteiger partial charge in [-0.25, -0.2) is 0 Å². The van der Waals surface area contributed by atoms with Crippen LogP contribution in [0.15, 0.2) is 42.5 Å². The predicted molar refractivity (Wildman–Crippen MR) is 84.1 cm³/mol. The number of hydrogen-bond acceptors (Lipinski definition) is 2. The molecule has 0 unspecified atom stereocenters. The quantitative estimate of drug-likeness (QED) is 0.833. The second-order valence-corrected chi connectivity index (χ2v) is 5.85. The first-order valence-corrected chi connectivity index (χ1v) is 7.59. The molecule has 0 fully saturated rings. The van der Waals surface area contributed by atoms with Gasteiger partial charge in [-0.1, -0.05) is 35.9 Å². The van der Waals surface area contributed by atoms with Crippen LogP contribution >= 0.6 is 11.6 Å². The number of aryl methyl sites for hydroxylation is 2. The summed E-state index contributed by atoms with van der Waals surface area (Å²) in [6.07, 6.45) is 3.95. The van der Waals surface area contributed by atoms with Gasteiger partial charge in [0.05, 0.1) is 0 Å². The Morgan fingerprint density at radius 2 is 1.95 bits per heavy atom. The first kappa shape index (κ1) is 14.2. The maximum Gasteiger partial charge on any atom is 0.174 e. The van der Waals surface area contributed by atoms with Gasteiger partial charge in [-0.3, -0.25) is 4.79 Å². The van der Waals surface area contributed by atoms with Crippen LogP contribution in [0.25, 0.3) is 0 Å². The fourth-order valence-corrected chi connectivity index (χ4v) is 2.91. The zero-order valence-electron chi connectivity index (χ0n) is 11.8. The molecule has 1 aliphatic carbocycles. The third kappa shape index (κ3) is 3.64. The number of benzene rings is 2. The Morgan fingerprint density at radius 3 is 2.81 bits per heavy atom. The number of carbonyl (C=O) groups is 1. The molecule has 0 spiro atoms. The summed E-state index contributed by atoms with van der Waals surface area (Å²) in [6, 6.07) is 13.5. The lowest BCUT2D eigenvalue weighted by molar-refractivity contribution is -0.120. The Morgan fingerprint density at radius 1 is 1.10 bits per heavy atom. The number of Topliss-reactive ketones (excluding diaryl/α,β-unsaturated/α-hetero) is 1. The van der Waals surface area contributed by atoms with E-state index < -0.39 is 0 Å². The van der Waals surface area contributed by atoms with E-state index in [-0.39, 0.29) is 12.4 Å². The minimum absolute atomic E-state index is 0.0768. The molecule has 0 atom stereocenters. The van der Waals surface area contributed by atoms with Gasteiger partial charge in [0.1, 0.15) is 12.4 Å². The SMILES string of the molecule is O=C(COc1cccc(Cl)c1)Cc1ccc2c(c1)CCC2. The van der Waals surface area contributed by atoms with Crippen molar-refractivity contribution in [2.75, 3.05) is 6.61 Å². The van der Waals surface area contributed by atoms with Gasteiger partial charge in [-0.2, -0.15) is 0 Å². The van der Waals surface area contributed by atoms with Gasteiger partial charge < -0.3 is 4.74 Å². The summed E-state index contributed by atoms with van der Waals surface area (Å²) in [6.45, 7) is 0.0808. The molecule has 0 saturated carbocycles. The summed E-state index contributed by atoms with van der Waals surface area (Å²) >= 11 is 5.88. The van der Waals surface area contributed by atoms with Gasteiger partial charge in [-0.15, -0.1) is 0 Å². The summed E-state index contributed by atoms with van der Waals surface area (Å²) in [7, 11) is 0. The third-order valence-corrected chi connectivity index (χ3v) is 4.00. The Labute approximate surface area is 129 Å². The number of ether oxygens (including phenoxy) is 1. The lowest BCUT2D eigenvalue weighted by Crippen LogP contribution is -2.14. The van der Waals surface area contributed by atoms with E-state index in [1.807, 2.05) is 6.07 Å². The van der Waals surface area contributed by atoms with Crippen LogP contribution in [-0.2, 0) is 24.1 Å². The summed E-state index contributed by atoms with van der Waals surface area (Å²) in [5, 5.41) is 0.610. The molecular formula is C18H17ClO2. The standard InChI is InChI=1S/C18H17ClO2/c19-16-5-2-6-18(11-16)21-12-17(20)10-13-7-8-14-3-1-4-15(14)9-13/h2,5-9,11H,1,3-4,10,12H2. The predicted octanol–water partition coefficient (Wildman–Crippen LogP) is 4.02. The van der Waals surface area contributed by atoms with Crippen molar-refractivity contribution in [3.63, 3.8) is 0 Å². The average Bonchev–Trinajstić information content (AvgIpc) is 2.93. The number of halogens is 1. The molecule has 0 aliphatic heterocycles. The first-order chi connectivity index (χ1) is 10.2. The number of hydrogen-bond donors (Lipinski definition) is 0. The van der Waals surface area contributed by atoms with E-state index in [4.69, 9.17) is 16.3 Å². The zero-order valence-corrected chi connectivity index (χ0v) is 12.5. The number of rotatable bonds is 5. The molecule has 0 bridgehead atoms. The minimum atomic E-state index is 0.0768. The summed E-state index contributed by atoms with van der Waals surface area (Å²) in [5.74, 6) is 0.706. The molecule has 3 rings (SSSR count). The molecule has 3 heteroatoms. The maximum atomic E-state index is 12.0. The molecule has 108 valence electrons. The highest BCUT2D eigenvalue weighted by molar-refractivity contribution is 6.30. The molecule has 2 nitrogen and oxygen atoms in total. The molecule has 21 heavy (non-hydrogen) atoms. The average molecular weight is 301 g/mol. The van der Waals surface area contributed by atoms with E-state index in [2.05, 4.69) is 18.2 Å². The second kappa shape index (κ2) is 6.31. The number of carbonyl (C=O) groups excluding carboxylic acids is 1. The van der Waals surface area contributed by atoms with Crippen molar-refractivity contribution in [3.8, 4) is 5.75 Å². The molecule has 0 N–H and O–H groups in total. The molecule has 0 aromatic heterocycles. The molecule has 0 amide bonds. The molecule has 2 aromatic carbocycles. The van der Waals surface area contributed by atoms with E-state index in [1.165, 1.54) is 24.0 Å². The summed E-state index contributed by atoms with van der Waals surface area (Å²) in [4.78, 5) is 12.0. The smallest absolute Gasteiger partial charge is 0.174 e. The monoisotopic (exact) mass is 300 g/mol. The lowest BCUT2D eigenvalue weighted by Gasteiger charge is -2.07. The van der Waals surface area contributed by atoms with Crippen LogP contribution in [0.2, 0.25) is 5.02 Å². The van der Waals surface area contributed by atoms with Crippen LogP contribution in [0.3, 0.4) is 0 Å². The van der Waals surface area contributed by atoms with Crippen molar-refractivity contribution < 1.29 is 9.53 Å². The van der Waals surface area contributed by atoms with Crippen molar-refractivity contribution in [3.05, 3.63) is 64.2 Å². The van der Waals surface area contributed by atoms with Gasteiger partial charge in [0, 0.05) is 11.4 Å². The molecule has 1 aliphatic rings. The van der Waals surface area contributed by atoms with Crippen LogP contribution in [0, 0.1) is 0 Å². The Hall–Kier alpha value is -1.80. The van der Waals surface area contributed by atoms with Gasteiger partial charge >= 0.3 is 0 Å². The highest BCUT2D eigenvalue weighted by Gasteiger charge is 2.12. The second-order valence-electron chi connectivity index (χ2n) is 5.42. The van der Waals surface area contributed by atoms with Crippen molar-refractivity contribution in [2.24, 2.45) is 0 Å². The highest BCUT2D eigenvalue weighted by atomic mass is 35.5. The normalized spacial score (nSPS) is 13.0. The van der Waals surface area contributed by atoms with Crippen LogP contribution in [0.4, 0.5) is 0 Å². The van der Waals surface area contributed by atoms with Gasteiger partial charge in [0.25, 0.3) is 0 Å². The van der Waals surface area contributed by atoms with Crippen molar-refractivity contribution in [2.45, 2.75) is 25.7 Å². The largest absolute Gasteiger partial charge is 0.486 e. The molecule has 0 saturated heterocycles. The van der Waals surface area contributed by atoms with Crippen LogP contribution in [-0.4, -0.2) is 12.4 Å². The zero-order chi connectivity index (χ0) is 14.7. The Kier molecular flexibility index (Phi) is 4.26. The summed E-state index contributed by atoms with van der Waals surface area (Å²) < 4.78 is 5.48. The van der Waals surface area contributed by atoms with Gasteiger partial charge in [0.2, 0.25) is 0 Å². The van der Waals surface area contributed by atoms with Crippen molar-refractivity contribution in [1.29, 1.82) is 0 Å². The summed E-state index contributed by atoms with van der Waals surface area (Å²) in [5.41, 5.74) is 3.91. The fraction of sp³-hybridized carbons (Fsp3) is 0.278. The third-order valence-electron chi connectivity index (χ3n) is 3.76. The molecule has 0 heterocycles. The minimum Gasteiger partial charge on any atom is -0.486 e. The Balaban J connectivity index is 1.57. The van der Waals surface area contributed by atoms with Gasteiger partial charge in [0.15, 0.2) is 5.78 Å². The number of fused-ring (bicyclic) bond motifs is 1. The maximum absolute atomic E-state index is 12.0. The van der Waals surface area contributed by atoms with Gasteiger partial charge in [-0.05, 0) is 54.2 Å². The van der Waals surface area contributed by atoms with Crippen molar-refractivity contribution >= 4 is 17.4 Å². The van der Waals surface area contributed by atoms with E-state index in [0.717, 1.165) is 12.0 Å². The van der Waals surface area contributed by atoms with Crippen LogP contribution < -0.4 is 4.74 Å². The van der Waals surface area contributed by atoms with E-state index in [9.17, 15) is 4.79 Å². The van der Waals surface area contributed by atoms with Crippen molar-refractivity contribution in [1.82, 2.24) is 0 Å². The molecule has 0 radical (unpaired) electrons. The number of ketones is 1. The molecular weight excluding hydrogens is 284 g/mol. The first-order valence-electron chi connectivity index (χ1n) is 7.21. The van der Waals surface area contributed by atoms with E-state index >= 15 is 0 Å². The fourth-order valence-electron chi connectivity index (χ4n) is 2.73. The van der Waals surface area contributed by atoms with E-state index in [0.29, 0.717) is 17.2 Å². The van der Waals surface area contributed by atoms with E-state index in [1.54, 1.807) is 18.2 Å². The topological polar surface area (TPSA) is 26.3 Å². The lowest BCUT2D eigenvalue weighted by atomic mass is 10.0. The molecule has 2 aromatic rings. The van der Waals surface area contributed by atoms with Crippen LogP contribution in [0.1, 0.15) is 23.1 Å². The van der Waals surface area contributed by atoms with Crippen LogP contribution in [0.5, 0.6) is 5.75 Å². The Bertz CT molecular complexity index is 664. The highest BCUT2D eigenvalue weighted by Crippen LogP contribution is 2.23.